The van der Waals surface area contributed by atoms with Gasteiger partial charge in [-0.05, 0) is 18.7 Å². The number of benzene rings is 1. The van der Waals surface area contributed by atoms with Crippen molar-refractivity contribution in [1.82, 2.24) is 5.32 Å². The smallest absolute Gasteiger partial charge is 0.138 e. The van der Waals surface area contributed by atoms with Crippen molar-refractivity contribution in [3.8, 4) is 11.8 Å². The Morgan fingerprint density at radius 1 is 1.38 bits per heavy atom. The molecular formula is C11H12FN. The van der Waals surface area contributed by atoms with E-state index in [0.717, 1.165) is 6.54 Å². The number of rotatable bonds is 2. The first-order valence-electron chi connectivity index (χ1n) is 4.28. The van der Waals surface area contributed by atoms with Gasteiger partial charge in [-0.25, -0.2) is 4.39 Å². The SMILES string of the molecule is CCNCC#Cc1ccccc1F. The fraction of sp³-hybridized carbons (Fsp3) is 0.273. The quantitative estimate of drug-likeness (QED) is 0.536. The van der Waals surface area contributed by atoms with Gasteiger partial charge in [0.05, 0.1) is 12.1 Å². The Bertz CT molecular complexity index is 322. The van der Waals surface area contributed by atoms with Crippen LogP contribution in [0.2, 0.25) is 0 Å². The Labute approximate surface area is 78.0 Å². The molecule has 0 aliphatic heterocycles. The third kappa shape index (κ3) is 3.27. The van der Waals surface area contributed by atoms with Gasteiger partial charge >= 0.3 is 0 Å². The standard InChI is InChI=1S/C11H12FN/c1-2-13-9-5-7-10-6-3-4-8-11(10)12/h3-4,6,8,13H,2,9H2,1H3. The molecule has 0 saturated heterocycles. The van der Waals surface area contributed by atoms with Gasteiger partial charge in [-0.3, -0.25) is 0 Å². The molecule has 0 radical (unpaired) electrons. The highest BCUT2D eigenvalue weighted by molar-refractivity contribution is 5.35. The molecule has 1 rings (SSSR count). The molecule has 0 amide bonds. The minimum atomic E-state index is -0.258. The first-order chi connectivity index (χ1) is 6.34. The average Bonchev–Trinajstić information content (AvgIpc) is 2.15. The molecule has 0 atom stereocenters. The van der Waals surface area contributed by atoms with E-state index in [9.17, 15) is 4.39 Å². The molecule has 0 unspecified atom stereocenters. The summed E-state index contributed by atoms with van der Waals surface area (Å²) in [6.45, 7) is 3.49. The second-order valence-corrected chi connectivity index (χ2v) is 2.56. The summed E-state index contributed by atoms with van der Waals surface area (Å²) in [5.41, 5.74) is 0.459. The topological polar surface area (TPSA) is 12.0 Å². The summed E-state index contributed by atoms with van der Waals surface area (Å²) in [4.78, 5) is 0. The Morgan fingerprint density at radius 3 is 2.85 bits per heavy atom. The van der Waals surface area contributed by atoms with Crippen molar-refractivity contribution in [3.63, 3.8) is 0 Å². The van der Waals surface area contributed by atoms with E-state index in [0.29, 0.717) is 12.1 Å². The summed E-state index contributed by atoms with van der Waals surface area (Å²) in [5, 5.41) is 3.04. The van der Waals surface area contributed by atoms with E-state index < -0.39 is 0 Å². The van der Waals surface area contributed by atoms with Crippen LogP contribution < -0.4 is 5.32 Å². The van der Waals surface area contributed by atoms with E-state index in [1.807, 2.05) is 6.92 Å². The van der Waals surface area contributed by atoms with E-state index in [1.54, 1.807) is 18.2 Å². The molecule has 68 valence electrons. The van der Waals surface area contributed by atoms with Crippen LogP contribution in [0, 0.1) is 17.7 Å². The summed E-state index contributed by atoms with van der Waals surface area (Å²) in [6.07, 6.45) is 0. The van der Waals surface area contributed by atoms with Crippen molar-refractivity contribution >= 4 is 0 Å². The van der Waals surface area contributed by atoms with Crippen molar-refractivity contribution in [2.75, 3.05) is 13.1 Å². The summed E-state index contributed by atoms with van der Waals surface area (Å²) in [6, 6.07) is 6.52. The maximum atomic E-state index is 13.0. The molecule has 13 heavy (non-hydrogen) atoms. The Kier molecular flexibility index (Phi) is 4.01. The zero-order chi connectivity index (χ0) is 9.52. The molecule has 1 nitrogen and oxygen atoms in total. The van der Waals surface area contributed by atoms with Crippen LogP contribution in [0.1, 0.15) is 12.5 Å². The zero-order valence-electron chi connectivity index (χ0n) is 7.60. The lowest BCUT2D eigenvalue weighted by molar-refractivity contribution is 0.624. The van der Waals surface area contributed by atoms with Crippen molar-refractivity contribution in [2.24, 2.45) is 0 Å². The molecule has 0 aliphatic carbocycles. The lowest BCUT2D eigenvalue weighted by Gasteiger charge is -1.92. The van der Waals surface area contributed by atoms with Gasteiger partial charge in [-0.2, -0.15) is 0 Å². The largest absolute Gasteiger partial charge is 0.306 e. The van der Waals surface area contributed by atoms with Gasteiger partial charge < -0.3 is 5.32 Å². The van der Waals surface area contributed by atoms with Crippen LogP contribution in [-0.4, -0.2) is 13.1 Å². The summed E-state index contributed by atoms with van der Waals surface area (Å²) < 4.78 is 13.0. The van der Waals surface area contributed by atoms with Crippen LogP contribution in [0.15, 0.2) is 24.3 Å². The Hall–Kier alpha value is -1.33. The summed E-state index contributed by atoms with van der Waals surface area (Å²) >= 11 is 0. The molecule has 1 aromatic carbocycles. The van der Waals surface area contributed by atoms with E-state index in [4.69, 9.17) is 0 Å². The molecule has 0 aliphatic rings. The molecule has 0 bridgehead atoms. The van der Waals surface area contributed by atoms with E-state index >= 15 is 0 Å². The molecule has 2 heteroatoms. The van der Waals surface area contributed by atoms with Gasteiger partial charge in [0.2, 0.25) is 0 Å². The minimum Gasteiger partial charge on any atom is -0.306 e. The van der Waals surface area contributed by atoms with Crippen molar-refractivity contribution < 1.29 is 4.39 Å². The predicted octanol–water partition coefficient (Wildman–Crippen LogP) is 1.79. The Morgan fingerprint density at radius 2 is 2.15 bits per heavy atom. The van der Waals surface area contributed by atoms with Crippen LogP contribution in [0.25, 0.3) is 0 Å². The summed E-state index contributed by atoms with van der Waals surface area (Å²) in [5.74, 6) is 5.34. The zero-order valence-corrected chi connectivity index (χ0v) is 7.60. The van der Waals surface area contributed by atoms with E-state index in [-0.39, 0.29) is 5.82 Å². The van der Waals surface area contributed by atoms with Crippen molar-refractivity contribution in [1.29, 1.82) is 0 Å². The highest BCUT2D eigenvalue weighted by Gasteiger charge is 1.93. The highest BCUT2D eigenvalue weighted by Crippen LogP contribution is 2.03. The second kappa shape index (κ2) is 5.34. The van der Waals surface area contributed by atoms with Gasteiger partial charge in [0.15, 0.2) is 0 Å². The fourth-order valence-electron chi connectivity index (χ4n) is 0.890. The first kappa shape index (κ1) is 9.76. The molecule has 1 N–H and O–H groups in total. The van der Waals surface area contributed by atoms with Gasteiger partial charge in [0.1, 0.15) is 5.82 Å². The van der Waals surface area contributed by atoms with Crippen LogP contribution in [0.3, 0.4) is 0 Å². The van der Waals surface area contributed by atoms with E-state index in [2.05, 4.69) is 17.2 Å². The van der Waals surface area contributed by atoms with Gasteiger partial charge in [0.25, 0.3) is 0 Å². The summed E-state index contributed by atoms with van der Waals surface area (Å²) in [7, 11) is 0. The maximum Gasteiger partial charge on any atom is 0.138 e. The molecule has 0 saturated carbocycles. The maximum absolute atomic E-state index is 13.0. The van der Waals surface area contributed by atoms with Crippen molar-refractivity contribution in [2.45, 2.75) is 6.92 Å². The van der Waals surface area contributed by atoms with Crippen molar-refractivity contribution in [3.05, 3.63) is 35.6 Å². The highest BCUT2D eigenvalue weighted by atomic mass is 19.1. The number of nitrogens with one attached hydrogen (secondary N) is 1. The minimum absolute atomic E-state index is 0.258. The molecular weight excluding hydrogens is 165 g/mol. The molecule has 0 heterocycles. The number of hydrogen-bond acceptors (Lipinski definition) is 1. The van der Waals surface area contributed by atoms with Crippen LogP contribution in [-0.2, 0) is 0 Å². The van der Waals surface area contributed by atoms with Crippen LogP contribution in [0.5, 0.6) is 0 Å². The number of halogens is 1. The van der Waals surface area contributed by atoms with Gasteiger partial charge in [0, 0.05) is 0 Å². The fourth-order valence-corrected chi connectivity index (χ4v) is 0.890. The first-order valence-corrected chi connectivity index (χ1v) is 4.28. The predicted molar refractivity (Wildman–Crippen MR) is 51.8 cm³/mol. The van der Waals surface area contributed by atoms with Gasteiger partial charge in [-0.1, -0.05) is 30.9 Å². The normalized spacial score (nSPS) is 9.08. The molecule has 0 fully saturated rings. The molecule has 0 aromatic heterocycles. The number of hydrogen-bond donors (Lipinski definition) is 1. The van der Waals surface area contributed by atoms with Crippen LogP contribution >= 0.6 is 0 Å². The lowest BCUT2D eigenvalue weighted by Crippen LogP contribution is -2.11. The third-order valence-electron chi connectivity index (χ3n) is 1.56. The molecule has 1 aromatic rings. The third-order valence-corrected chi connectivity index (χ3v) is 1.56. The monoisotopic (exact) mass is 177 g/mol. The Balaban J connectivity index is 2.61. The van der Waals surface area contributed by atoms with Gasteiger partial charge in [-0.15, -0.1) is 0 Å². The average molecular weight is 177 g/mol. The lowest BCUT2D eigenvalue weighted by atomic mass is 10.2. The van der Waals surface area contributed by atoms with Crippen LogP contribution in [0.4, 0.5) is 4.39 Å². The molecule has 0 spiro atoms. The second-order valence-electron chi connectivity index (χ2n) is 2.56. The van der Waals surface area contributed by atoms with E-state index in [1.165, 1.54) is 6.07 Å².